The molecule has 0 fully saturated rings. The first-order valence-electron chi connectivity index (χ1n) is 4.91. The van der Waals surface area contributed by atoms with Gasteiger partial charge in [-0.25, -0.2) is 0 Å². The first-order chi connectivity index (χ1) is 7.58. The highest BCUT2D eigenvalue weighted by Crippen LogP contribution is 2.12. The minimum absolute atomic E-state index is 0.383. The molecule has 0 saturated heterocycles. The lowest BCUT2D eigenvalue weighted by atomic mass is 9.99. The number of esters is 1. The summed E-state index contributed by atoms with van der Waals surface area (Å²) in [7, 11) is 1.31. The van der Waals surface area contributed by atoms with E-state index in [1.165, 1.54) is 7.11 Å². The molecule has 1 aromatic carbocycles. The molecule has 1 rings (SSSR count). The number of nitrogens with zero attached hydrogens (tertiary/aromatic N) is 1. The Bertz CT molecular complexity index is 435. The molecule has 2 N–H and O–H groups in total. The van der Waals surface area contributed by atoms with Crippen molar-refractivity contribution >= 4 is 5.97 Å². The summed E-state index contributed by atoms with van der Waals surface area (Å²) < 4.78 is 4.55. The zero-order valence-electron chi connectivity index (χ0n) is 9.36. The quantitative estimate of drug-likeness (QED) is 0.765. The number of ether oxygens (including phenoxy) is 1. The molecule has 1 aromatic rings. The van der Waals surface area contributed by atoms with E-state index < -0.39 is 12.0 Å². The number of nitrogens with two attached hydrogens (primary N) is 1. The lowest BCUT2D eigenvalue weighted by Crippen LogP contribution is -2.33. The van der Waals surface area contributed by atoms with E-state index in [9.17, 15) is 4.79 Å². The van der Waals surface area contributed by atoms with Gasteiger partial charge in [-0.3, -0.25) is 4.79 Å². The maximum atomic E-state index is 11.2. The molecule has 0 spiro atoms. The fourth-order valence-corrected chi connectivity index (χ4v) is 1.43. The van der Waals surface area contributed by atoms with E-state index in [1.807, 2.05) is 13.0 Å². The monoisotopic (exact) mass is 218 g/mol. The normalized spacial score (nSPS) is 11.6. The number of carbonyl (C=O) groups excluding carboxylic acids is 1. The van der Waals surface area contributed by atoms with Crippen LogP contribution in [0.25, 0.3) is 0 Å². The van der Waals surface area contributed by atoms with Crippen LogP contribution in [-0.4, -0.2) is 19.1 Å². The average Bonchev–Trinajstić information content (AvgIpc) is 2.30. The molecule has 0 amide bonds. The van der Waals surface area contributed by atoms with Crippen LogP contribution >= 0.6 is 0 Å². The van der Waals surface area contributed by atoms with E-state index in [0.29, 0.717) is 12.0 Å². The number of hydrogen-bond donors (Lipinski definition) is 1. The van der Waals surface area contributed by atoms with Crippen LogP contribution in [0.15, 0.2) is 18.2 Å². The van der Waals surface area contributed by atoms with E-state index in [2.05, 4.69) is 10.8 Å². The summed E-state index contributed by atoms with van der Waals surface area (Å²) in [6.07, 6.45) is 0.383. The van der Waals surface area contributed by atoms with E-state index in [4.69, 9.17) is 11.0 Å². The van der Waals surface area contributed by atoms with E-state index in [0.717, 1.165) is 11.1 Å². The van der Waals surface area contributed by atoms with Crippen LogP contribution < -0.4 is 5.73 Å². The Kier molecular flexibility index (Phi) is 4.03. The van der Waals surface area contributed by atoms with Gasteiger partial charge in [0.05, 0.1) is 18.7 Å². The molecule has 1 atom stereocenters. The summed E-state index contributed by atoms with van der Waals surface area (Å²) in [6, 6.07) is 6.70. The third kappa shape index (κ3) is 2.81. The summed E-state index contributed by atoms with van der Waals surface area (Å²) in [5.41, 5.74) is 8.14. The molecule has 0 aliphatic carbocycles. The molecular formula is C12H14N2O2. The van der Waals surface area contributed by atoms with Gasteiger partial charge >= 0.3 is 5.97 Å². The van der Waals surface area contributed by atoms with Gasteiger partial charge in [0.15, 0.2) is 0 Å². The Morgan fingerprint density at radius 2 is 2.31 bits per heavy atom. The molecule has 4 heteroatoms. The van der Waals surface area contributed by atoms with Crippen molar-refractivity contribution in [1.82, 2.24) is 0 Å². The van der Waals surface area contributed by atoms with Crippen molar-refractivity contribution in [3.8, 4) is 6.07 Å². The smallest absolute Gasteiger partial charge is 0.322 e. The number of benzene rings is 1. The minimum atomic E-state index is -0.683. The van der Waals surface area contributed by atoms with Gasteiger partial charge in [0.25, 0.3) is 0 Å². The number of rotatable bonds is 3. The maximum Gasteiger partial charge on any atom is 0.322 e. The van der Waals surface area contributed by atoms with Gasteiger partial charge in [-0.15, -0.1) is 0 Å². The number of nitriles is 1. The van der Waals surface area contributed by atoms with E-state index >= 15 is 0 Å². The fourth-order valence-electron chi connectivity index (χ4n) is 1.43. The Labute approximate surface area is 94.6 Å². The van der Waals surface area contributed by atoms with Crippen LogP contribution in [-0.2, 0) is 16.0 Å². The Morgan fingerprint density at radius 3 is 2.88 bits per heavy atom. The summed E-state index contributed by atoms with van der Waals surface area (Å²) in [4.78, 5) is 11.2. The van der Waals surface area contributed by atoms with Gasteiger partial charge in [0, 0.05) is 0 Å². The highest BCUT2D eigenvalue weighted by atomic mass is 16.5. The summed E-state index contributed by atoms with van der Waals surface area (Å²) in [5.74, 6) is -0.443. The van der Waals surface area contributed by atoms with Crippen molar-refractivity contribution in [3.63, 3.8) is 0 Å². The molecule has 0 unspecified atom stereocenters. The van der Waals surface area contributed by atoms with Crippen LogP contribution in [0, 0.1) is 18.3 Å². The number of aryl methyl sites for hydroxylation is 1. The largest absolute Gasteiger partial charge is 0.468 e. The zero-order valence-corrected chi connectivity index (χ0v) is 9.36. The second-order valence-corrected chi connectivity index (χ2v) is 3.59. The zero-order chi connectivity index (χ0) is 12.1. The molecule has 0 heterocycles. The summed E-state index contributed by atoms with van der Waals surface area (Å²) >= 11 is 0. The first kappa shape index (κ1) is 12.2. The Balaban J connectivity index is 2.88. The van der Waals surface area contributed by atoms with Gasteiger partial charge in [0.1, 0.15) is 6.04 Å². The molecule has 0 aliphatic rings. The molecule has 0 radical (unpaired) electrons. The average molecular weight is 218 g/mol. The van der Waals surface area contributed by atoms with Gasteiger partial charge in [-0.2, -0.15) is 5.26 Å². The Hall–Kier alpha value is -1.86. The van der Waals surface area contributed by atoms with E-state index in [1.54, 1.807) is 12.1 Å². The predicted molar refractivity (Wildman–Crippen MR) is 59.6 cm³/mol. The van der Waals surface area contributed by atoms with Gasteiger partial charge in [-0.05, 0) is 36.6 Å². The lowest BCUT2D eigenvalue weighted by Gasteiger charge is -2.11. The van der Waals surface area contributed by atoms with Crippen molar-refractivity contribution in [3.05, 3.63) is 34.9 Å². The SMILES string of the molecule is COC(=O)[C@@H](N)Cc1cc(C#N)ccc1C. The predicted octanol–water partition coefficient (Wildman–Crippen LogP) is 0.909. The lowest BCUT2D eigenvalue weighted by molar-refractivity contribution is -0.142. The first-order valence-corrected chi connectivity index (χ1v) is 4.91. The highest BCUT2D eigenvalue weighted by molar-refractivity contribution is 5.75. The van der Waals surface area contributed by atoms with Crippen LogP contribution in [0.1, 0.15) is 16.7 Å². The van der Waals surface area contributed by atoms with Crippen molar-refractivity contribution in [2.45, 2.75) is 19.4 Å². The number of hydrogen-bond acceptors (Lipinski definition) is 4. The van der Waals surface area contributed by atoms with Crippen LogP contribution in [0.4, 0.5) is 0 Å². The number of carbonyl (C=O) groups is 1. The third-order valence-electron chi connectivity index (χ3n) is 2.42. The topological polar surface area (TPSA) is 76.1 Å². The van der Waals surface area contributed by atoms with Crippen molar-refractivity contribution < 1.29 is 9.53 Å². The minimum Gasteiger partial charge on any atom is -0.468 e. The molecule has 84 valence electrons. The molecular weight excluding hydrogens is 204 g/mol. The third-order valence-corrected chi connectivity index (χ3v) is 2.42. The molecule has 0 bridgehead atoms. The summed E-state index contributed by atoms with van der Waals surface area (Å²) in [5, 5.41) is 8.77. The second-order valence-electron chi connectivity index (χ2n) is 3.59. The van der Waals surface area contributed by atoms with Crippen molar-refractivity contribution in [2.24, 2.45) is 5.73 Å². The molecule has 16 heavy (non-hydrogen) atoms. The van der Waals surface area contributed by atoms with Crippen molar-refractivity contribution in [2.75, 3.05) is 7.11 Å². The van der Waals surface area contributed by atoms with Gasteiger partial charge in [-0.1, -0.05) is 6.07 Å². The van der Waals surface area contributed by atoms with E-state index in [-0.39, 0.29) is 0 Å². The number of methoxy groups -OCH3 is 1. The molecule has 4 nitrogen and oxygen atoms in total. The maximum absolute atomic E-state index is 11.2. The molecule has 0 aromatic heterocycles. The summed E-state index contributed by atoms with van der Waals surface area (Å²) in [6.45, 7) is 1.92. The molecule has 0 aliphatic heterocycles. The highest BCUT2D eigenvalue weighted by Gasteiger charge is 2.15. The van der Waals surface area contributed by atoms with Crippen LogP contribution in [0.5, 0.6) is 0 Å². The Morgan fingerprint density at radius 1 is 1.62 bits per heavy atom. The second kappa shape index (κ2) is 5.29. The van der Waals surface area contributed by atoms with Gasteiger partial charge in [0.2, 0.25) is 0 Å². The molecule has 0 saturated carbocycles. The van der Waals surface area contributed by atoms with Gasteiger partial charge < -0.3 is 10.5 Å². The van der Waals surface area contributed by atoms with Crippen LogP contribution in [0.3, 0.4) is 0 Å². The standard InChI is InChI=1S/C12H14N2O2/c1-8-3-4-9(7-13)5-10(8)6-11(14)12(15)16-2/h3-5,11H,6,14H2,1-2H3/t11-/m0/s1. The van der Waals surface area contributed by atoms with Crippen molar-refractivity contribution in [1.29, 1.82) is 5.26 Å². The fraction of sp³-hybridized carbons (Fsp3) is 0.333. The van der Waals surface area contributed by atoms with Crippen LogP contribution in [0.2, 0.25) is 0 Å².